The van der Waals surface area contributed by atoms with Gasteiger partial charge in [-0.05, 0) is 19.1 Å². The van der Waals surface area contributed by atoms with Gasteiger partial charge in [0.05, 0.1) is 5.69 Å². The third-order valence-electron chi connectivity index (χ3n) is 1.87. The summed E-state index contributed by atoms with van der Waals surface area (Å²) in [5, 5.41) is 3.31. The molecule has 0 bridgehead atoms. The molecule has 0 spiro atoms. The fraction of sp³-hybridized carbons (Fsp3) is 0.222. The first-order valence-electron chi connectivity index (χ1n) is 3.94. The van der Waals surface area contributed by atoms with Crippen molar-refractivity contribution in [3.63, 3.8) is 0 Å². The molecule has 0 saturated carbocycles. The summed E-state index contributed by atoms with van der Waals surface area (Å²) < 4.78 is 5.33. The Balaban J connectivity index is 2.42. The van der Waals surface area contributed by atoms with E-state index in [-0.39, 0.29) is 5.91 Å². The van der Waals surface area contributed by atoms with Crippen LogP contribution in [-0.4, -0.2) is 12.0 Å². The second-order valence-corrected chi connectivity index (χ2v) is 3.33. The third-order valence-corrected chi connectivity index (χ3v) is 2.11. The topological polar surface area (TPSA) is 38.3 Å². The molecule has 2 rings (SSSR count). The van der Waals surface area contributed by atoms with Gasteiger partial charge in [-0.1, -0.05) is 11.6 Å². The average Bonchev–Trinajstić information content (AvgIpc) is 2.08. The van der Waals surface area contributed by atoms with Crippen molar-refractivity contribution in [3.05, 3.63) is 23.2 Å². The van der Waals surface area contributed by atoms with Crippen molar-refractivity contribution in [1.82, 2.24) is 0 Å². The fourth-order valence-corrected chi connectivity index (χ4v) is 1.34. The summed E-state index contributed by atoms with van der Waals surface area (Å²) in [4.78, 5) is 11.2. The number of hydrogen-bond acceptors (Lipinski definition) is 2. The van der Waals surface area contributed by atoms with Crippen LogP contribution in [0.3, 0.4) is 0 Å². The molecule has 1 aliphatic rings. The molecule has 1 heterocycles. The highest BCUT2D eigenvalue weighted by Gasteiger charge is 2.23. The summed E-state index contributed by atoms with van der Waals surface area (Å²) in [6.45, 7) is 1.69. The van der Waals surface area contributed by atoms with E-state index in [9.17, 15) is 4.79 Å². The molecule has 4 heteroatoms. The largest absolute Gasteiger partial charge is 0.479 e. The first-order chi connectivity index (χ1) is 6.16. The summed E-state index contributed by atoms with van der Waals surface area (Å²) in [6.07, 6.45) is -0.453. The van der Waals surface area contributed by atoms with Crippen LogP contribution < -0.4 is 10.1 Å². The van der Waals surface area contributed by atoms with Gasteiger partial charge in [0.25, 0.3) is 5.91 Å². The number of ether oxygens (including phenoxy) is 1. The van der Waals surface area contributed by atoms with Crippen LogP contribution in [0, 0.1) is 0 Å². The van der Waals surface area contributed by atoms with Crippen LogP contribution in [-0.2, 0) is 4.79 Å². The number of carbonyl (C=O) groups excluding carboxylic acids is 1. The first-order valence-corrected chi connectivity index (χ1v) is 4.31. The van der Waals surface area contributed by atoms with Gasteiger partial charge in [-0.25, -0.2) is 0 Å². The molecule has 1 amide bonds. The lowest BCUT2D eigenvalue weighted by molar-refractivity contribution is -0.122. The van der Waals surface area contributed by atoms with Gasteiger partial charge in [-0.15, -0.1) is 0 Å². The smallest absolute Gasteiger partial charge is 0.265 e. The number of benzene rings is 1. The van der Waals surface area contributed by atoms with E-state index in [2.05, 4.69) is 5.32 Å². The average molecular weight is 198 g/mol. The number of halogens is 1. The predicted molar refractivity (Wildman–Crippen MR) is 50.2 cm³/mol. The van der Waals surface area contributed by atoms with Crippen molar-refractivity contribution in [2.75, 3.05) is 5.32 Å². The Morgan fingerprint density at radius 3 is 3.08 bits per heavy atom. The molecule has 1 N–H and O–H groups in total. The van der Waals surface area contributed by atoms with Gasteiger partial charge in [0, 0.05) is 11.1 Å². The standard InChI is InChI=1S/C9H8ClNO2/c1-5-9(12)11-7-3-2-6(10)4-8(7)13-5/h2-5H,1H3,(H,11,12)/t5-/m0/s1. The van der Waals surface area contributed by atoms with Crippen LogP contribution in [0.4, 0.5) is 5.69 Å². The van der Waals surface area contributed by atoms with Crippen LogP contribution in [0.2, 0.25) is 5.02 Å². The maximum absolute atomic E-state index is 11.2. The number of carbonyl (C=O) groups is 1. The maximum Gasteiger partial charge on any atom is 0.265 e. The van der Waals surface area contributed by atoms with Gasteiger partial charge in [0.2, 0.25) is 0 Å². The molecular weight excluding hydrogens is 190 g/mol. The van der Waals surface area contributed by atoms with E-state index in [1.165, 1.54) is 0 Å². The molecule has 68 valence electrons. The zero-order valence-electron chi connectivity index (χ0n) is 7.00. The highest BCUT2D eigenvalue weighted by molar-refractivity contribution is 6.30. The molecule has 1 aromatic carbocycles. The van der Waals surface area contributed by atoms with E-state index in [1.54, 1.807) is 25.1 Å². The molecule has 1 aromatic rings. The maximum atomic E-state index is 11.2. The quantitative estimate of drug-likeness (QED) is 0.692. The monoisotopic (exact) mass is 197 g/mol. The molecule has 0 saturated heterocycles. The Kier molecular flexibility index (Phi) is 1.88. The molecule has 3 nitrogen and oxygen atoms in total. The van der Waals surface area contributed by atoms with Crippen molar-refractivity contribution in [1.29, 1.82) is 0 Å². The zero-order valence-corrected chi connectivity index (χ0v) is 7.76. The Labute approximate surface area is 80.6 Å². The summed E-state index contributed by atoms with van der Waals surface area (Å²) in [7, 11) is 0. The van der Waals surface area contributed by atoms with Crippen LogP contribution in [0.25, 0.3) is 0 Å². The van der Waals surface area contributed by atoms with Crippen LogP contribution in [0.15, 0.2) is 18.2 Å². The minimum Gasteiger partial charge on any atom is -0.479 e. The molecule has 0 fully saturated rings. The summed E-state index contributed by atoms with van der Waals surface area (Å²) in [6, 6.07) is 5.12. The third kappa shape index (κ3) is 1.47. The van der Waals surface area contributed by atoms with E-state index in [0.717, 1.165) is 0 Å². The molecule has 0 unspecified atom stereocenters. The van der Waals surface area contributed by atoms with Gasteiger partial charge in [-0.3, -0.25) is 4.79 Å². The molecule has 0 aromatic heterocycles. The minimum absolute atomic E-state index is 0.130. The molecular formula is C9H8ClNO2. The van der Waals surface area contributed by atoms with Crippen LogP contribution in [0.5, 0.6) is 5.75 Å². The summed E-state index contributed by atoms with van der Waals surface area (Å²) >= 11 is 5.77. The number of anilines is 1. The lowest BCUT2D eigenvalue weighted by Crippen LogP contribution is -2.34. The number of nitrogens with one attached hydrogen (secondary N) is 1. The normalized spacial score (nSPS) is 20.2. The van der Waals surface area contributed by atoms with Gasteiger partial charge in [-0.2, -0.15) is 0 Å². The highest BCUT2D eigenvalue weighted by Crippen LogP contribution is 2.31. The predicted octanol–water partition coefficient (Wildman–Crippen LogP) is 2.06. The second-order valence-electron chi connectivity index (χ2n) is 2.89. The van der Waals surface area contributed by atoms with Gasteiger partial charge in [0.15, 0.2) is 6.10 Å². The van der Waals surface area contributed by atoms with E-state index in [0.29, 0.717) is 16.5 Å². The highest BCUT2D eigenvalue weighted by atomic mass is 35.5. The number of fused-ring (bicyclic) bond motifs is 1. The van der Waals surface area contributed by atoms with E-state index < -0.39 is 6.10 Å². The van der Waals surface area contributed by atoms with Crippen molar-refractivity contribution in [2.45, 2.75) is 13.0 Å². The van der Waals surface area contributed by atoms with Crippen molar-refractivity contribution in [3.8, 4) is 5.75 Å². The number of amides is 1. The molecule has 1 atom stereocenters. The number of hydrogen-bond donors (Lipinski definition) is 1. The minimum atomic E-state index is -0.453. The number of rotatable bonds is 0. The van der Waals surface area contributed by atoms with E-state index in [4.69, 9.17) is 16.3 Å². The Hall–Kier alpha value is -1.22. The van der Waals surface area contributed by atoms with Crippen LogP contribution >= 0.6 is 11.6 Å². The summed E-state index contributed by atoms with van der Waals surface area (Å²) in [5.41, 5.74) is 0.674. The van der Waals surface area contributed by atoms with Gasteiger partial charge in [0.1, 0.15) is 5.75 Å². The van der Waals surface area contributed by atoms with Crippen molar-refractivity contribution < 1.29 is 9.53 Å². The van der Waals surface area contributed by atoms with Crippen molar-refractivity contribution >= 4 is 23.2 Å². The molecule has 13 heavy (non-hydrogen) atoms. The lowest BCUT2D eigenvalue weighted by atomic mass is 10.2. The lowest BCUT2D eigenvalue weighted by Gasteiger charge is -2.23. The van der Waals surface area contributed by atoms with E-state index in [1.807, 2.05) is 0 Å². The Morgan fingerprint density at radius 2 is 2.31 bits per heavy atom. The Bertz CT molecular complexity index is 365. The Morgan fingerprint density at radius 1 is 1.54 bits per heavy atom. The van der Waals surface area contributed by atoms with E-state index >= 15 is 0 Å². The zero-order chi connectivity index (χ0) is 9.42. The van der Waals surface area contributed by atoms with Gasteiger partial charge < -0.3 is 10.1 Å². The summed E-state index contributed by atoms with van der Waals surface area (Å²) in [5.74, 6) is 0.495. The van der Waals surface area contributed by atoms with Crippen molar-refractivity contribution in [2.24, 2.45) is 0 Å². The van der Waals surface area contributed by atoms with Crippen LogP contribution in [0.1, 0.15) is 6.92 Å². The SMILES string of the molecule is C[C@@H]1Oc2cc(Cl)ccc2NC1=O. The first kappa shape index (κ1) is 8.38. The van der Waals surface area contributed by atoms with Gasteiger partial charge >= 0.3 is 0 Å². The molecule has 0 radical (unpaired) electrons. The fourth-order valence-electron chi connectivity index (χ4n) is 1.18. The second kappa shape index (κ2) is 2.92. The molecule has 1 aliphatic heterocycles. The molecule has 0 aliphatic carbocycles.